The van der Waals surface area contributed by atoms with Crippen LogP contribution >= 0.6 is 11.3 Å². The van der Waals surface area contributed by atoms with Gasteiger partial charge in [0.05, 0.1) is 11.0 Å². The van der Waals surface area contributed by atoms with Crippen LogP contribution in [-0.4, -0.2) is 9.55 Å². The fraction of sp³-hybridized carbons (Fsp3) is 0. The normalized spacial score (nSPS) is 12.0. The van der Waals surface area contributed by atoms with Crippen molar-refractivity contribution in [1.82, 2.24) is 9.55 Å². The molecule has 0 amide bonds. The number of furan rings is 1. The lowest BCUT2D eigenvalue weighted by Gasteiger charge is -2.11. The summed E-state index contributed by atoms with van der Waals surface area (Å²) in [6, 6.07) is 50.3. The summed E-state index contributed by atoms with van der Waals surface area (Å²) in [5.41, 5.74) is 10.8. The second kappa shape index (κ2) is 9.39. The zero-order valence-electron chi connectivity index (χ0n) is 24.1. The second-order valence-corrected chi connectivity index (χ2v) is 12.7. The lowest BCUT2D eigenvalue weighted by Crippen LogP contribution is -1.94. The third-order valence-electron chi connectivity index (χ3n) is 9.05. The number of aromatic nitrogens is 2. The summed E-state index contributed by atoms with van der Waals surface area (Å²) < 4.78 is 11.1. The summed E-state index contributed by atoms with van der Waals surface area (Å²) in [7, 11) is 0. The minimum Gasteiger partial charge on any atom is -0.454 e. The number of nitrogens with zero attached hydrogens (tertiary/aromatic N) is 2. The molecule has 0 N–H and O–H groups in total. The van der Waals surface area contributed by atoms with Crippen LogP contribution in [0.2, 0.25) is 0 Å². The maximum absolute atomic E-state index is 6.03. The molecule has 4 aromatic heterocycles. The maximum Gasteiger partial charge on any atom is 0.153 e. The van der Waals surface area contributed by atoms with Crippen LogP contribution in [0.25, 0.3) is 92.0 Å². The predicted octanol–water partition coefficient (Wildman–Crippen LogP) is 11.8. The van der Waals surface area contributed by atoms with Crippen LogP contribution in [0.1, 0.15) is 0 Å². The molecular formula is C41H24N2OS. The lowest BCUT2D eigenvalue weighted by atomic mass is 10.0. The quantitative estimate of drug-likeness (QED) is 0.204. The molecular weight excluding hydrogens is 569 g/mol. The van der Waals surface area contributed by atoms with Crippen LogP contribution in [0.4, 0.5) is 0 Å². The molecule has 0 saturated heterocycles. The molecule has 0 radical (unpaired) electrons. The van der Waals surface area contributed by atoms with Gasteiger partial charge in [-0.2, -0.15) is 0 Å². The Bertz CT molecular complexity index is 2780. The summed E-state index contributed by atoms with van der Waals surface area (Å²) in [5.74, 6) is 0. The van der Waals surface area contributed by atoms with E-state index in [0.717, 1.165) is 38.9 Å². The van der Waals surface area contributed by atoms with Gasteiger partial charge >= 0.3 is 0 Å². The number of rotatable bonds is 3. The molecule has 0 spiro atoms. The van der Waals surface area contributed by atoms with E-state index >= 15 is 0 Å². The van der Waals surface area contributed by atoms with Gasteiger partial charge in [0.1, 0.15) is 11.1 Å². The van der Waals surface area contributed by atoms with Gasteiger partial charge in [0.2, 0.25) is 0 Å². The average Bonchev–Trinajstić information content (AvgIpc) is 3.77. The van der Waals surface area contributed by atoms with Crippen molar-refractivity contribution in [3.63, 3.8) is 0 Å². The zero-order chi connectivity index (χ0) is 29.5. The first-order valence-corrected chi connectivity index (χ1v) is 15.9. The molecule has 0 saturated carbocycles. The molecule has 45 heavy (non-hydrogen) atoms. The van der Waals surface area contributed by atoms with Gasteiger partial charge in [0, 0.05) is 48.2 Å². The average molecular weight is 593 g/mol. The Morgan fingerprint density at radius 3 is 2.11 bits per heavy atom. The molecule has 4 heteroatoms. The molecule has 0 unspecified atom stereocenters. The molecule has 210 valence electrons. The van der Waals surface area contributed by atoms with Crippen LogP contribution in [0.15, 0.2) is 150 Å². The van der Waals surface area contributed by atoms with E-state index in [1.54, 1.807) is 0 Å². The standard InChI is InChI=1S/C41H24N2OS/c1-3-11-35-30(9-1)32-22-26(28-16-19-40-33(23-28)31-10-2-4-13-39(31)45-40)14-17-36(32)43(35)29-8-5-7-25(21-29)27-15-18-37-34(24-27)41-38(44-37)12-6-20-42-41/h1-24H. The van der Waals surface area contributed by atoms with E-state index in [4.69, 9.17) is 4.42 Å². The number of hydrogen-bond acceptors (Lipinski definition) is 3. The van der Waals surface area contributed by atoms with Crippen molar-refractivity contribution in [3.8, 4) is 27.9 Å². The summed E-state index contributed by atoms with van der Waals surface area (Å²) in [5, 5.41) is 6.19. The number of hydrogen-bond donors (Lipinski definition) is 0. The molecule has 0 fully saturated rings. The van der Waals surface area contributed by atoms with E-state index in [-0.39, 0.29) is 0 Å². The second-order valence-electron chi connectivity index (χ2n) is 11.6. The summed E-state index contributed by atoms with van der Waals surface area (Å²) in [4.78, 5) is 4.59. The van der Waals surface area contributed by atoms with Crippen LogP contribution in [0.3, 0.4) is 0 Å². The Morgan fingerprint density at radius 2 is 1.18 bits per heavy atom. The number of benzene rings is 6. The molecule has 10 rings (SSSR count). The molecule has 4 heterocycles. The van der Waals surface area contributed by atoms with Gasteiger partial charge in [0.15, 0.2) is 5.58 Å². The van der Waals surface area contributed by atoms with Gasteiger partial charge in [0.25, 0.3) is 0 Å². The molecule has 0 aliphatic heterocycles. The molecule has 6 aromatic carbocycles. The summed E-state index contributed by atoms with van der Waals surface area (Å²) in [6.07, 6.45) is 1.82. The highest BCUT2D eigenvalue weighted by Gasteiger charge is 2.15. The summed E-state index contributed by atoms with van der Waals surface area (Å²) >= 11 is 1.86. The van der Waals surface area contributed by atoms with E-state index in [1.807, 2.05) is 29.7 Å². The van der Waals surface area contributed by atoms with E-state index in [1.165, 1.54) is 53.1 Å². The SMILES string of the molecule is c1cc(-c2ccc3oc4cccnc4c3c2)cc(-n2c3ccccc3c3cc(-c4ccc5sc6ccccc6c5c4)ccc32)c1. The van der Waals surface area contributed by atoms with E-state index in [0.29, 0.717) is 0 Å². The smallest absolute Gasteiger partial charge is 0.153 e. The molecule has 0 aliphatic rings. The van der Waals surface area contributed by atoms with Gasteiger partial charge in [-0.25, -0.2) is 0 Å². The number of para-hydroxylation sites is 1. The highest BCUT2D eigenvalue weighted by molar-refractivity contribution is 7.25. The van der Waals surface area contributed by atoms with Crippen molar-refractivity contribution < 1.29 is 4.42 Å². The topological polar surface area (TPSA) is 31.0 Å². The first-order chi connectivity index (χ1) is 22.3. The zero-order valence-corrected chi connectivity index (χ0v) is 24.9. The Morgan fingerprint density at radius 1 is 0.467 bits per heavy atom. The van der Waals surface area contributed by atoms with Crippen molar-refractivity contribution in [2.75, 3.05) is 0 Å². The Hall–Kier alpha value is -5.71. The van der Waals surface area contributed by atoms with Crippen molar-refractivity contribution >= 4 is 75.4 Å². The fourth-order valence-electron chi connectivity index (χ4n) is 6.94. The Labute approximate surface area is 262 Å². The fourth-order valence-corrected chi connectivity index (χ4v) is 8.02. The van der Waals surface area contributed by atoms with Gasteiger partial charge in [-0.15, -0.1) is 11.3 Å². The maximum atomic E-state index is 6.03. The van der Waals surface area contributed by atoms with Crippen molar-refractivity contribution in [1.29, 1.82) is 0 Å². The van der Waals surface area contributed by atoms with E-state index < -0.39 is 0 Å². The molecule has 3 nitrogen and oxygen atoms in total. The Kier molecular flexibility index (Phi) is 5.16. The third-order valence-corrected chi connectivity index (χ3v) is 10.2. The number of fused-ring (bicyclic) bond motifs is 9. The van der Waals surface area contributed by atoms with Gasteiger partial charge < -0.3 is 8.98 Å². The van der Waals surface area contributed by atoms with Crippen molar-refractivity contribution in [2.24, 2.45) is 0 Å². The van der Waals surface area contributed by atoms with E-state index in [2.05, 4.69) is 137 Å². The monoisotopic (exact) mass is 592 g/mol. The third kappa shape index (κ3) is 3.73. The van der Waals surface area contributed by atoms with Gasteiger partial charge in [-0.05, 0) is 95.1 Å². The summed E-state index contributed by atoms with van der Waals surface area (Å²) in [6.45, 7) is 0. The number of thiophene rings is 1. The molecule has 0 bridgehead atoms. The molecule has 0 aliphatic carbocycles. The van der Waals surface area contributed by atoms with Crippen LogP contribution < -0.4 is 0 Å². The van der Waals surface area contributed by atoms with E-state index in [9.17, 15) is 0 Å². The van der Waals surface area contributed by atoms with Crippen molar-refractivity contribution in [2.45, 2.75) is 0 Å². The van der Waals surface area contributed by atoms with Crippen LogP contribution in [-0.2, 0) is 0 Å². The number of pyridine rings is 1. The largest absolute Gasteiger partial charge is 0.454 e. The highest BCUT2D eigenvalue weighted by atomic mass is 32.1. The van der Waals surface area contributed by atoms with Gasteiger partial charge in [-0.1, -0.05) is 66.7 Å². The van der Waals surface area contributed by atoms with Crippen LogP contribution in [0, 0.1) is 0 Å². The van der Waals surface area contributed by atoms with Gasteiger partial charge in [-0.3, -0.25) is 4.98 Å². The Balaban J connectivity index is 1.13. The minimum atomic E-state index is 0.812. The van der Waals surface area contributed by atoms with Crippen LogP contribution in [0.5, 0.6) is 0 Å². The minimum absolute atomic E-state index is 0.812. The van der Waals surface area contributed by atoms with Crippen molar-refractivity contribution in [3.05, 3.63) is 146 Å². The molecule has 10 aromatic rings. The lowest BCUT2D eigenvalue weighted by molar-refractivity contribution is 0.668. The highest BCUT2D eigenvalue weighted by Crippen LogP contribution is 2.39. The first-order valence-electron chi connectivity index (χ1n) is 15.1. The molecule has 0 atom stereocenters. The predicted molar refractivity (Wildman–Crippen MR) is 190 cm³/mol. The first kappa shape index (κ1) is 24.7.